The zero-order chi connectivity index (χ0) is 28.2. The van der Waals surface area contributed by atoms with Crippen molar-refractivity contribution >= 4 is 50.8 Å². The second kappa shape index (κ2) is 12.0. The van der Waals surface area contributed by atoms with Crippen molar-refractivity contribution in [1.29, 1.82) is 0 Å². The first-order chi connectivity index (χ1) is 19.4. The molecule has 0 fully saturated rings. The molecule has 206 valence electrons. The van der Waals surface area contributed by atoms with E-state index in [2.05, 4.69) is 5.32 Å². The van der Waals surface area contributed by atoms with E-state index in [1.165, 1.54) is 11.3 Å². The first kappa shape index (κ1) is 27.5. The molecule has 0 saturated heterocycles. The van der Waals surface area contributed by atoms with E-state index in [4.69, 9.17) is 25.8 Å². The van der Waals surface area contributed by atoms with Crippen LogP contribution in [0, 0.1) is 0 Å². The highest BCUT2D eigenvalue weighted by Crippen LogP contribution is 2.41. The summed E-state index contributed by atoms with van der Waals surface area (Å²) in [6.07, 6.45) is 0.602. The molecule has 2 amide bonds. The fourth-order valence-corrected chi connectivity index (χ4v) is 6.31. The molecule has 10 heteroatoms. The standard InChI is InChI=1S/C30H27ClN2O6S/c1-37-22-14-19-12-13-33(28(18-8-4-3-5-9-18)21(19)15-23(22)38-2)25(34)17-39-26(35)16-32-30(36)29-27(31)20-10-6-7-11-24(20)40-29/h3-11,14-15,28H,12-13,16-17H2,1-2H3,(H,32,36). The van der Waals surface area contributed by atoms with Crippen molar-refractivity contribution < 1.29 is 28.6 Å². The minimum atomic E-state index is -0.723. The molecule has 0 radical (unpaired) electrons. The van der Waals surface area contributed by atoms with Crippen LogP contribution in [-0.4, -0.2) is 56.6 Å². The highest BCUT2D eigenvalue weighted by atomic mass is 35.5. The molecule has 0 aliphatic carbocycles. The lowest BCUT2D eigenvalue weighted by atomic mass is 9.87. The molecular weight excluding hydrogens is 552 g/mol. The van der Waals surface area contributed by atoms with Gasteiger partial charge in [0.2, 0.25) is 0 Å². The molecule has 1 aliphatic heterocycles. The highest BCUT2D eigenvalue weighted by Gasteiger charge is 2.33. The van der Waals surface area contributed by atoms with Crippen LogP contribution in [-0.2, 0) is 20.7 Å². The number of nitrogens with one attached hydrogen (secondary N) is 1. The Morgan fingerprint density at radius 1 is 1.00 bits per heavy atom. The summed E-state index contributed by atoms with van der Waals surface area (Å²) in [5.41, 5.74) is 2.89. The van der Waals surface area contributed by atoms with E-state index < -0.39 is 31.1 Å². The molecule has 4 aromatic rings. The lowest BCUT2D eigenvalue weighted by molar-refractivity contribution is -0.152. The van der Waals surface area contributed by atoms with Crippen molar-refractivity contribution in [3.63, 3.8) is 0 Å². The number of rotatable bonds is 8. The first-order valence-electron chi connectivity index (χ1n) is 12.6. The van der Waals surface area contributed by atoms with Gasteiger partial charge in [0.15, 0.2) is 18.1 Å². The molecule has 40 heavy (non-hydrogen) atoms. The summed E-state index contributed by atoms with van der Waals surface area (Å²) in [6.45, 7) is -0.414. The largest absolute Gasteiger partial charge is 0.493 e. The summed E-state index contributed by atoms with van der Waals surface area (Å²) in [5, 5.41) is 3.66. The quantitative estimate of drug-likeness (QED) is 0.295. The van der Waals surface area contributed by atoms with Gasteiger partial charge in [0, 0.05) is 16.6 Å². The average Bonchev–Trinajstić information content (AvgIpc) is 3.33. The van der Waals surface area contributed by atoms with Gasteiger partial charge in [0.1, 0.15) is 11.4 Å². The van der Waals surface area contributed by atoms with E-state index in [-0.39, 0.29) is 5.91 Å². The number of esters is 1. The van der Waals surface area contributed by atoms with Crippen molar-refractivity contribution in [1.82, 2.24) is 10.2 Å². The zero-order valence-electron chi connectivity index (χ0n) is 21.9. The summed E-state index contributed by atoms with van der Waals surface area (Å²) in [6, 6.07) is 20.5. The van der Waals surface area contributed by atoms with E-state index in [9.17, 15) is 14.4 Å². The van der Waals surface area contributed by atoms with E-state index >= 15 is 0 Å². The third kappa shape index (κ3) is 5.48. The summed E-state index contributed by atoms with van der Waals surface area (Å²) in [5.74, 6) is -0.353. The Labute approximate surface area is 240 Å². The summed E-state index contributed by atoms with van der Waals surface area (Å²) in [4.78, 5) is 40.5. The number of carbonyl (C=O) groups excluding carboxylic acids is 3. The Balaban J connectivity index is 1.26. The molecule has 1 aromatic heterocycles. The smallest absolute Gasteiger partial charge is 0.325 e. The van der Waals surface area contributed by atoms with E-state index in [1.807, 2.05) is 66.7 Å². The number of hydrogen-bond acceptors (Lipinski definition) is 7. The van der Waals surface area contributed by atoms with E-state index in [0.29, 0.717) is 34.4 Å². The summed E-state index contributed by atoms with van der Waals surface area (Å²) in [7, 11) is 3.16. The molecule has 0 bridgehead atoms. The molecule has 0 spiro atoms. The molecule has 3 aromatic carbocycles. The number of methoxy groups -OCH3 is 2. The average molecular weight is 579 g/mol. The van der Waals surface area contributed by atoms with Gasteiger partial charge in [-0.1, -0.05) is 60.1 Å². The molecule has 1 atom stereocenters. The maximum absolute atomic E-state index is 13.4. The number of halogens is 1. The van der Waals surface area contributed by atoms with Crippen LogP contribution in [0.4, 0.5) is 0 Å². The number of hydrogen-bond donors (Lipinski definition) is 1. The topological polar surface area (TPSA) is 94.2 Å². The lowest BCUT2D eigenvalue weighted by Crippen LogP contribution is -2.43. The van der Waals surface area contributed by atoms with Gasteiger partial charge in [-0.15, -0.1) is 11.3 Å². The second-order valence-electron chi connectivity index (χ2n) is 9.14. The van der Waals surface area contributed by atoms with Gasteiger partial charge in [-0.3, -0.25) is 14.4 Å². The van der Waals surface area contributed by atoms with E-state index in [0.717, 1.165) is 26.8 Å². The number of ether oxygens (including phenoxy) is 3. The third-order valence-corrected chi connectivity index (χ3v) is 8.47. The normalized spacial score (nSPS) is 14.4. The number of carbonyl (C=O) groups is 3. The highest BCUT2D eigenvalue weighted by molar-refractivity contribution is 7.21. The number of thiophene rings is 1. The van der Waals surface area contributed by atoms with E-state index in [1.54, 1.807) is 19.1 Å². The zero-order valence-corrected chi connectivity index (χ0v) is 23.5. The van der Waals surface area contributed by atoms with Crippen LogP contribution in [0.1, 0.15) is 32.4 Å². The van der Waals surface area contributed by atoms with Crippen LogP contribution in [0.25, 0.3) is 10.1 Å². The van der Waals surface area contributed by atoms with Gasteiger partial charge in [0.05, 0.1) is 25.3 Å². The van der Waals surface area contributed by atoms with Crippen LogP contribution in [0.3, 0.4) is 0 Å². The first-order valence-corrected chi connectivity index (χ1v) is 13.8. The molecule has 1 unspecified atom stereocenters. The Kier molecular flexibility index (Phi) is 8.23. The van der Waals surface area contributed by atoms with Gasteiger partial charge >= 0.3 is 5.97 Å². The third-order valence-electron chi connectivity index (χ3n) is 6.80. The second-order valence-corrected chi connectivity index (χ2v) is 10.6. The maximum atomic E-state index is 13.4. The molecule has 1 N–H and O–H groups in total. The SMILES string of the molecule is COc1cc2c(cc1OC)C(c1ccccc1)N(C(=O)COC(=O)CNC(=O)c1sc3ccccc3c1Cl)CC2. The molecule has 8 nitrogen and oxygen atoms in total. The molecule has 1 aliphatic rings. The predicted octanol–water partition coefficient (Wildman–Crippen LogP) is 5.02. The van der Waals surface area contributed by atoms with Crippen molar-refractivity contribution in [2.75, 3.05) is 33.9 Å². The van der Waals surface area contributed by atoms with Crippen molar-refractivity contribution in [2.24, 2.45) is 0 Å². The molecular formula is C30H27ClN2O6S. The monoisotopic (exact) mass is 578 g/mol. The fourth-order valence-electron chi connectivity index (χ4n) is 4.88. The molecule has 0 saturated carbocycles. The lowest BCUT2D eigenvalue weighted by Gasteiger charge is -2.38. The van der Waals surface area contributed by atoms with Gasteiger partial charge in [-0.25, -0.2) is 0 Å². The minimum Gasteiger partial charge on any atom is -0.493 e. The van der Waals surface area contributed by atoms with Crippen LogP contribution >= 0.6 is 22.9 Å². The van der Waals surface area contributed by atoms with Gasteiger partial charge in [-0.2, -0.15) is 0 Å². The van der Waals surface area contributed by atoms with Crippen molar-refractivity contribution in [3.05, 3.63) is 93.3 Å². The van der Waals surface area contributed by atoms with Crippen molar-refractivity contribution in [2.45, 2.75) is 12.5 Å². The predicted molar refractivity (Wildman–Crippen MR) is 153 cm³/mol. The molecule has 5 rings (SSSR count). The Morgan fingerprint density at radius 2 is 1.70 bits per heavy atom. The minimum absolute atomic E-state index is 0.316. The van der Waals surface area contributed by atoms with Crippen LogP contribution in [0.15, 0.2) is 66.7 Å². The Hall–Kier alpha value is -4.08. The van der Waals surface area contributed by atoms with Crippen LogP contribution < -0.4 is 14.8 Å². The number of nitrogens with zero attached hydrogens (tertiary/aromatic N) is 1. The van der Waals surface area contributed by atoms with Gasteiger partial charge < -0.3 is 24.4 Å². The number of amides is 2. The van der Waals surface area contributed by atoms with Gasteiger partial charge in [-0.05, 0) is 41.3 Å². The summed E-state index contributed by atoms with van der Waals surface area (Å²) < 4.78 is 17.1. The van der Waals surface area contributed by atoms with Gasteiger partial charge in [0.25, 0.3) is 11.8 Å². The number of fused-ring (bicyclic) bond motifs is 2. The Bertz CT molecular complexity index is 1570. The van der Waals surface area contributed by atoms with Crippen LogP contribution in [0.2, 0.25) is 5.02 Å². The number of benzene rings is 3. The maximum Gasteiger partial charge on any atom is 0.325 e. The van der Waals surface area contributed by atoms with Crippen molar-refractivity contribution in [3.8, 4) is 11.5 Å². The fraction of sp³-hybridized carbons (Fsp3) is 0.233. The summed E-state index contributed by atoms with van der Waals surface area (Å²) >= 11 is 7.60. The molecule has 2 heterocycles. The van der Waals surface area contributed by atoms with Crippen LogP contribution in [0.5, 0.6) is 11.5 Å². The Morgan fingerprint density at radius 3 is 2.42 bits per heavy atom.